The van der Waals surface area contributed by atoms with Crippen molar-refractivity contribution < 1.29 is 19.4 Å². The molecule has 9 nitrogen and oxygen atoms in total. The maximum absolute atomic E-state index is 13.3. The van der Waals surface area contributed by atoms with Crippen molar-refractivity contribution in [3.63, 3.8) is 0 Å². The van der Waals surface area contributed by atoms with Gasteiger partial charge in [-0.2, -0.15) is 0 Å². The minimum absolute atomic E-state index is 0.176. The van der Waals surface area contributed by atoms with Crippen LogP contribution in [-0.4, -0.2) is 61.8 Å². The first-order chi connectivity index (χ1) is 12.9. The van der Waals surface area contributed by atoms with Crippen LogP contribution in [0.25, 0.3) is 0 Å². The molecule has 2 aromatic rings. The monoisotopic (exact) mass is 373 g/mol. The molecule has 1 amide bonds. The number of ether oxygens (including phenoxy) is 1. The van der Waals surface area contributed by atoms with E-state index in [9.17, 15) is 14.7 Å². The van der Waals surface area contributed by atoms with Gasteiger partial charge in [0.1, 0.15) is 17.6 Å². The van der Waals surface area contributed by atoms with Crippen LogP contribution < -0.4 is 4.74 Å². The van der Waals surface area contributed by atoms with Gasteiger partial charge in [0.15, 0.2) is 0 Å². The number of likely N-dealkylation sites (tertiary alicyclic amines) is 1. The van der Waals surface area contributed by atoms with Crippen molar-refractivity contribution in [1.29, 1.82) is 0 Å². The molecular weight excluding hydrogens is 350 g/mol. The molecule has 3 rings (SSSR count). The predicted octanol–water partition coefficient (Wildman–Crippen LogP) is 1.10. The van der Waals surface area contributed by atoms with Gasteiger partial charge >= 0.3 is 5.97 Å². The van der Waals surface area contributed by atoms with E-state index in [1.807, 2.05) is 24.3 Å². The predicted molar refractivity (Wildman–Crippen MR) is 95.2 cm³/mol. The average Bonchev–Trinajstić information content (AvgIpc) is 3.25. The smallest absolute Gasteiger partial charge is 0.308 e. The molecule has 0 bridgehead atoms. The lowest BCUT2D eigenvalue weighted by Crippen LogP contribution is -2.43. The van der Waals surface area contributed by atoms with E-state index in [4.69, 9.17) is 4.74 Å². The van der Waals surface area contributed by atoms with Gasteiger partial charge in [-0.3, -0.25) is 9.59 Å². The van der Waals surface area contributed by atoms with Crippen LogP contribution in [0.3, 0.4) is 0 Å². The van der Waals surface area contributed by atoms with Crippen LogP contribution in [0.2, 0.25) is 0 Å². The van der Waals surface area contributed by atoms with Gasteiger partial charge in [-0.05, 0) is 48.4 Å². The van der Waals surface area contributed by atoms with Gasteiger partial charge in [0, 0.05) is 19.0 Å². The summed E-state index contributed by atoms with van der Waals surface area (Å²) in [6.07, 6.45) is 0.825. The van der Waals surface area contributed by atoms with E-state index in [2.05, 4.69) is 15.5 Å². The Morgan fingerprint density at radius 2 is 2.19 bits per heavy atom. The molecule has 0 spiro atoms. The van der Waals surface area contributed by atoms with Crippen LogP contribution in [0, 0.1) is 12.8 Å². The number of amides is 1. The zero-order valence-electron chi connectivity index (χ0n) is 15.6. The number of carbonyl (C=O) groups excluding carboxylic acids is 1. The second-order valence-corrected chi connectivity index (χ2v) is 6.75. The molecule has 1 aliphatic rings. The summed E-state index contributed by atoms with van der Waals surface area (Å²) < 4.78 is 6.76. The van der Waals surface area contributed by atoms with Gasteiger partial charge in [-0.1, -0.05) is 12.1 Å². The topological polar surface area (TPSA) is 110 Å². The number of hydrogen-bond donors (Lipinski definition) is 1. The Kier molecular flexibility index (Phi) is 5.38. The van der Waals surface area contributed by atoms with E-state index in [0.717, 1.165) is 5.56 Å². The van der Waals surface area contributed by atoms with Crippen LogP contribution >= 0.6 is 0 Å². The fourth-order valence-corrected chi connectivity index (χ4v) is 3.60. The van der Waals surface area contributed by atoms with Crippen LogP contribution in [0.4, 0.5) is 0 Å². The van der Waals surface area contributed by atoms with Gasteiger partial charge in [0.25, 0.3) is 0 Å². The van der Waals surface area contributed by atoms with E-state index < -0.39 is 17.9 Å². The van der Waals surface area contributed by atoms with Crippen molar-refractivity contribution in [2.75, 3.05) is 13.7 Å². The number of tetrazole rings is 1. The molecule has 1 aliphatic heterocycles. The van der Waals surface area contributed by atoms with Gasteiger partial charge in [-0.25, -0.2) is 4.68 Å². The molecule has 1 aromatic heterocycles. The molecule has 9 heteroatoms. The van der Waals surface area contributed by atoms with Crippen molar-refractivity contribution in [3.05, 3.63) is 35.7 Å². The number of aromatic nitrogens is 4. The molecule has 144 valence electrons. The number of aliphatic carboxylic acids is 1. The van der Waals surface area contributed by atoms with E-state index in [1.165, 1.54) is 4.68 Å². The lowest BCUT2D eigenvalue weighted by Gasteiger charge is -2.28. The first-order valence-corrected chi connectivity index (χ1v) is 8.83. The van der Waals surface area contributed by atoms with Gasteiger partial charge in [0.05, 0.1) is 13.0 Å². The Morgan fingerprint density at radius 1 is 1.41 bits per heavy atom. The summed E-state index contributed by atoms with van der Waals surface area (Å²) >= 11 is 0. The molecular formula is C18H23N5O4. The molecule has 1 N–H and O–H groups in total. The summed E-state index contributed by atoms with van der Waals surface area (Å²) in [5.41, 5.74) is 0.907. The molecule has 0 aliphatic carbocycles. The first-order valence-electron chi connectivity index (χ1n) is 8.83. The summed E-state index contributed by atoms with van der Waals surface area (Å²) in [5.74, 6) is -0.378. The highest BCUT2D eigenvalue weighted by Gasteiger charge is 2.41. The number of carbonyl (C=O) groups is 2. The van der Waals surface area contributed by atoms with E-state index in [0.29, 0.717) is 31.0 Å². The number of benzene rings is 1. The van der Waals surface area contributed by atoms with E-state index >= 15 is 0 Å². The fourth-order valence-electron chi connectivity index (χ4n) is 3.60. The van der Waals surface area contributed by atoms with Crippen molar-refractivity contribution in [3.8, 4) is 5.75 Å². The molecule has 3 atom stereocenters. The second kappa shape index (κ2) is 7.73. The molecule has 2 heterocycles. The summed E-state index contributed by atoms with van der Waals surface area (Å²) in [4.78, 5) is 26.4. The quantitative estimate of drug-likeness (QED) is 0.807. The third-order valence-corrected chi connectivity index (χ3v) is 5.16. The molecule has 0 radical (unpaired) electrons. The van der Waals surface area contributed by atoms with Gasteiger partial charge in [0.2, 0.25) is 5.91 Å². The third-order valence-electron chi connectivity index (χ3n) is 5.16. The molecule has 1 saturated heterocycles. The SMILES string of the molecule is COc1cccc(CC(C(=O)N2CCC(C(=O)O)C2C)n2nnnc2C)c1. The third kappa shape index (κ3) is 3.76. The molecule has 0 saturated carbocycles. The Labute approximate surface area is 156 Å². The Hall–Kier alpha value is -2.97. The maximum atomic E-state index is 13.3. The molecule has 3 unspecified atom stereocenters. The normalized spacial score (nSPS) is 20.5. The van der Waals surface area contributed by atoms with Crippen LogP contribution in [0.15, 0.2) is 24.3 Å². The average molecular weight is 373 g/mol. The van der Waals surface area contributed by atoms with E-state index in [-0.39, 0.29) is 11.9 Å². The van der Waals surface area contributed by atoms with Crippen LogP contribution in [-0.2, 0) is 16.0 Å². The molecule has 1 aromatic carbocycles. The summed E-state index contributed by atoms with van der Waals surface area (Å²) in [5, 5.41) is 20.9. The van der Waals surface area contributed by atoms with Crippen LogP contribution in [0.5, 0.6) is 5.75 Å². The van der Waals surface area contributed by atoms with Crippen molar-refractivity contribution in [1.82, 2.24) is 25.1 Å². The minimum Gasteiger partial charge on any atom is -0.497 e. The number of nitrogens with zero attached hydrogens (tertiary/aromatic N) is 5. The maximum Gasteiger partial charge on any atom is 0.308 e. The zero-order valence-corrected chi connectivity index (χ0v) is 15.6. The number of aryl methyl sites for hydroxylation is 1. The van der Waals surface area contributed by atoms with Crippen molar-refractivity contribution >= 4 is 11.9 Å². The number of carboxylic acid groups (broad SMARTS) is 1. The van der Waals surface area contributed by atoms with Crippen molar-refractivity contribution in [2.45, 2.75) is 38.8 Å². The highest BCUT2D eigenvalue weighted by Crippen LogP contribution is 2.29. The minimum atomic E-state index is -0.874. The van der Waals surface area contributed by atoms with Gasteiger partial charge < -0.3 is 14.7 Å². The summed E-state index contributed by atoms with van der Waals surface area (Å²) in [7, 11) is 1.59. The highest BCUT2D eigenvalue weighted by atomic mass is 16.5. The Bertz CT molecular complexity index is 837. The Balaban J connectivity index is 1.90. The number of rotatable bonds is 6. The number of methoxy groups -OCH3 is 1. The summed E-state index contributed by atoms with van der Waals surface area (Å²) in [6, 6.07) is 6.45. The van der Waals surface area contributed by atoms with Crippen LogP contribution in [0.1, 0.15) is 30.8 Å². The zero-order chi connectivity index (χ0) is 19.6. The van der Waals surface area contributed by atoms with E-state index in [1.54, 1.807) is 25.9 Å². The molecule has 1 fully saturated rings. The lowest BCUT2D eigenvalue weighted by atomic mass is 10.0. The lowest BCUT2D eigenvalue weighted by molar-refractivity contribution is -0.143. The largest absolute Gasteiger partial charge is 0.497 e. The standard InChI is InChI=1S/C18H23N5O4/c1-11-15(18(25)26)7-8-22(11)17(24)16(23-12(2)19-20-21-23)10-13-5-4-6-14(9-13)27-3/h4-6,9,11,15-16H,7-8,10H2,1-3H3,(H,25,26). The number of hydrogen-bond acceptors (Lipinski definition) is 6. The fraction of sp³-hybridized carbons (Fsp3) is 0.500. The Morgan fingerprint density at radius 3 is 2.78 bits per heavy atom. The highest BCUT2D eigenvalue weighted by molar-refractivity contribution is 5.83. The molecule has 27 heavy (non-hydrogen) atoms. The van der Waals surface area contributed by atoms with Crippen molar-refractivity contribution in [2.24, 2.45) is 5.92 Å². The second-order valence-electron chi connectivity index (χ2n) is 6.75. The number of carboxylic acids is 1. The van der Waals surface area contributed by atoms with Gasteiger partial charge in [-0.15, -0.1) is 5.10 Å². The first kappa shape index (κ1) is 18.8. The summed E-state index contributed by atoms with van der Waals surface area (Å²) in [6.45, 7) is 3.92.